The number of hydrogen-bond acceptors (Lipinski definition) is 16. The molecule has 0 spiro atoms. The minimum absolute atomic E-state index is 0.0996. The van der Waals surface area contributed by atoms with Crippen molar-refractivity contribution < 1.29 is 60.7 Å². The highest BCUT2D eigenvalue weighted by molar-refractivity contribution is 8.77. The molecule has 1 aliphatic heterocycles. The molecule has 2 aromatic heterocycles. The van der Waals surface area contributed by atoms with Crippen molar-refractivity contribution in [2.45, 2.75) is 56.3 Å². The summed E-state index contributed by atoms with van der Waals surface area (Å²) in [5.74, 6) is 0.148. The van der Waals surface area contributed by atoms with Crippen LogP contribution in [0.1, 0.15) is 39.3 Å². The van der Waals surface area contributed by atoms with Crippen LogP contribution in [0.2, 0.25) is 0 Å². The summed E-state index contributed by atoms with van der Waals surface area (Å²) in [6.07, 6.45) is 1.16. The SMILES string of the molecule is CC(C)(CNC(=O)CCCN)SSCO[C@@H]1C[C@H](n2cnc3c(N)ncnc32)OC1COP(=O)(O)OP(=O)(O)OP(=O)(O)O. The number of amides is 1. The maximum Gasteiger partial charge on any atom is 0.490 e. The van der Waals surface area contributed by atoms with Crippen LogP contribution in [0.3, 0.4) is 0 Å². The van der Waals surface area contributed by atoms with Crippen molar-refractivity contribution >= 4 is 67.9 Å². The molecule has 0 bridgehead atoms. The second kappa shape index (κ2) is 15.6. The minimum Gasteiger partial charge on any atom is -0.382 e. The average Bonchev–Trinajstić information content (AvgIpc) is 3.50. The Balaban J connectivity index is 1.64. The first kappa shape index (κ1) is 37.3. The average molecular weight is 726 g/mol. The number of phosphoric acid groups is 3. The number of phosphoric ester groups is 1. The summed E-state index contributed by atoms with van der Waals surface area (Å²) in [6.45, 7) is 3.97. The molecule has 3 unspecified atom stereocenters. The molecule has 1 aliphatic rings. The molecule has 3 rings (SSSR count). The Kier molecular flexibility index (Phi) is 13.2. The first-order valence-corrected chi connectivity index (χ1v) is 19.5. The van der Waals surface area contributed by atoms with E-state index in [0.29, 0.717) is 37.1 Å². The molecule has 1 fully saturated rings. The molecule has 250 valence electrons. The predicted molar refractivity (Wildman–Crippen MR) is 158 cm³/mol. The van der Waals surface area contributed by atoms with Crippen molar-refractivity contribution in [3.63, 3.8) is 0 Å². The number of nitrogens with two attached hydrogens (primary N) is 2. The van der Waals surface area contributed by atoms with Gasteiger partial charge in [-0.25, -0.2) is 28.6 Å². The van der Waals surface area contributed by atoms with Crippen molar-refractivity contribution in [2.24, 2.45) is 5.73 Å². The minimum atomic E-state index is -5.70. The van der Waals surface area contributed by atoms with Crippen LogP contribution in [-0.2, 0) is 41.1 Å². The van der Waals surface area contributed by atoms with Crippen molar-refractivity contribution in [1.82, 2.24) is 24.8 Å². The molecule has 1 saturated heterocycles. The van der Waals surface area contributed by atoms with E-state index in [1.54, 1.807) is 4.57 Å². The molecule has 44 heavy (non-hydrogen) atoms. The Labute approximate surface area is 259 Å². The third kappa shape index (κ3) is 11.9. The largest absolute Gasteiger partial charge is 0.490 e. The van der Waals surface area contributed by atoms with Crippen LogP contribution < -0.4 is 16.8 Å². The summed E-state index contributed by atoms with van der Waals surface area (Å²) in [5.41, 5.74) is 12.0. The van der Waals surface area contributed by atoms with Gasteiger partial charge in [-0.05, 0) is 26.8 Å². The Morgan fingerprint density at radius 3 is 2.59 bits per heavy atom. The van der Waals surface area contributed by atoms with E-state index < -0.39 is 48.5 Å². The Morgan fingerprint density at radius 1 is 1.18 bits per heavy atom. The quantitative estimate of drug-likeness (QED) is 0.0494. The van der Waals surface area contributed by atoms with E-state index >= 15 is 0 Å². The Hall–Kier alpha value is -1.19. The van der Waals surface area contributed by atoms with Crippen LogP contribution in [0, 0.1) is 0 Å². The van der Waals surface area contributed by atoms with Crippen molar-refractivity contribution in [2.75, 3.05) is 31.4 Å². The fraction of sp³-hybridized carbons (Fsp3) is 0.684. The molecule has 0 aromatic carbocycles. The summed E-state index contributed by atoms with van der Waals surface area (Å²) in [6, 6.07) is 0. The standard InChI is InChI=1S/C19H34N7O13P3S2/c1-19(2,8-22-14(27)4-3-5-20)44-43-11-35-12-6-15(26-10-25-16-17(21)23-9-24-18(16)26)37-13(12)7-36-41(31,32)39-42(33,34)38-40(28,29)30/h9-10,12-13,15H,3-8,11,20H2,1-2H3,(H,22,27)(H,31,32)(H,33,34)(H2,21,23,24)(H2,28,29,30)/t12-,13?,15-/m1/s1. The third-order valence-corrected chi connectivity index (χ3v) is 12.4. The fourth-order valence-corrected chi connectivity index (χ4v) is 8.94. The number of aromatic nitrogens is 4. The zero-order chi connectivity index (χ0) is 32.8. The third-order valence-electron chi connectivity index (χ3n) is 5.63. The normalized spacial score (nSPS) is 22.1. The molecule has 25 heteroatoms. The van der Waals surface area contributed by atoms with Crippen LogP contribution >= 0.6 is 45.1 Å². The van der Waals surface area contributed by atoms with Gasteiger partial charge in [0.2, 0.25) is 5.91 Å². The number of nitrogen functional groups attached to an aromatic ring is 1. The lowest BCUT2D eigenvalue weighted by Gasteiger charge is -2.24. The van der Waals surface area contributed by atoms with Crippen molar-refractivity contribution in [1.29, 1.82) is 0 Å². The molecule has 0 radical (unpaired) electrons. The second-order valence-electron chi connectivity index (χ2n) is 9.79. The van der Waals surface area contributed by atoms with Crippen molar-refractivity contribution in [3.8, 4) is 0 Å². The van der Waals surface area contributed by atoms with Gasteiger partial charge in [-0.15, -0.1) is 0 Å². The highest BCUT2D eigenvalue weighted by Crippen LogP contribution is 2.66. The van der Waals surface area contributed by atoms with Gasteiger partial charge in [0.1, 0.15) is 30.1 Å². The molecule has 3 heterocycles. The topological polar surface area (TPSA) is 303 Å². The summed E-state index contributed by atoms with van der Waals surface area (Å²) >= 11 is 0. The summed E-state index contributed by atoms with van der Waals surface area (Å²) < 4.78 is 60.3. The lowest BCUT2D eigenvalue weighted by Crippen LogP contribution is -2.36. The molecule has 0 saturated carbocycles. The van der Waals surface area contributed by atoms with E-state index in [2.05, 4.69) is 28.9 Å². The highest BCUT2D eigenvalue weighted by atomic mass is 33.1. The molecule has 0 aliphatic carbocycles. The van der Waals surface area contributed by atoms with Crippen LogP contribution in [0.25, 0.3) is 11.2 Å². The number of nitrogens with zero attached hydrogens (tertiary/aromatic N) is 4. The van der Waals surface area contributed by atoms with Gasteiger partial charge < -0.3 is 45.8 Å². The molecule has 2 aromatic rings. The van der Waals surface area contributed by atoms with Crippen LogP contribution in [0.4, 0.5) is 5.82 Å². The maximum absolute atomic E-state index is 12.3. The van der Waals surface area contributed by atoms with E-state index in [1.165, 1.54) is 34.2 Å². The van der Waals surface area contributed by atoms with E-state index in [9.17, 15) is 28.3 Å². The second-order valence-corrected chi connectivity index (χ2v) is 17.2. The number of imidazole rings is 1. The van der Waals surface area contributed by atoms with Crippen LogP contribution in [0.5, 0.6) is 0 Å². The summed E-state index contributed by atoms with van der Waals surface area (Å²) in [7, 11) is -13.9. The van der Waals surface area contributed by atoms with Gasteiger partial charge in [-0.2, -0.15) is 8.62 Å². The van der Waals surface area contributed by atoms with Gasteiger partial charge in [0.25, 0.3) is 0 Å². The van der Waals surface area contributed by atoms with E-state index in [-0.39, 0.29) is 28.8 Å². The Bertz CT molecular complexity index is 1430. The molecular formula is C19H34N7O13P3S2. The number of rotatable bonds is 18. The monoisotopic (exact) mass is 725 g/mol. The van der Waals surface area contributed by atoms with E-state index in [0.717, 1.165) is 0 Å². The van der Waals surface area contributed by atoms with Gasteiger partial charge in [0.15, 0.2) is 11.5 Å². The molecule has 1 amide bonds. The lowest BCUT2D eigenvalue weighted by atomic mass is 10.2. The Morgan fingerprint density at radius 2 is 1.91 bits per heavy atom. The van der Waals surface area contributed by atoms with Gasteiger partial charge in [-0.3, -0.25) is 13.9 Å². The number of anilines is 1. The number of hydrogen-bond donors (Lipinski definition) is 7. The van der Waals surface area contributed by atoms with Gasteiger partial charge in [-0.1, -0.05) is 21.6 Å². The number of carbonyl (C=O) groups excluding carboxylic acids is 1. The zero-order valence-corrected chi connectivity index (χ0v) is 27.7. The first-order chi connectivity index (χ1) is 20.4. The molecule has 9 N–H and O–H groups in total. The van der Waals surface area contributed by atoms with Crippen LogP contribution in [0.15, 0.2) is 12.7 Å². The maximum atomic E-state index is 12.3. The zero-order valence-electron chi connectivity index (χ0n) is 23.4. The van der Waals surface area contributed by atoms with Crippen LogP contribution in [-0.4, -0.2) is 87.6 Å². The first-order valence-electron chi connectivity index (χ1n) is 12.7. The number of carbonyl (C=O) groups is 1. The number of nitrogens with one attached hydrogen (secondary N) is 1. The van der Waals surface area contributed by atoms with Gasteiger partial charge >= 0.3 is 23.5 Å². The van der Waals surface area contributed by atoms with E-state index in [1.807, 2.05) is 13.8 Å². The molecule has 20 nitrogen and oxygen atoms in total. The summed E-state index contributed by atoms with van der Waals surface area (Å²) in [4.78, 5) is 60.9. The number of fused-ring (bicyclic) bond motifs is 1. The summed E-state index contributed by atoms with van der Waals surface area (Å²) in [5, 5.41) is 2.86. The fourth-order valence-electron chi connectivity index (χ4n) is 3.74. The van der Waals surface area contributed by atoms with Crippen molar-refractivity contribution in [3.05, 3.63) is 12.7 Å². The van der Waals surface area contributed by atoms with Gasteiger partial charge in [0, 0.05) is 24.1 Å². The molecule has 5 atom stereocenters. The number of ether oxygens (including phenoxy) is 2. The smallest absolute Gasteiger partial charge is 0.382 e. The lowest BCUT2D eigenvalue weighted by molar-refractivity contribution is -0.121. The van der Waals surface area contributed by atoms with Gasteiger partial charge in [0.05, 0.1) is 19.0 Å². The molecular weight excluding hydrogens is 691 g/mol. The predicted octanol–water partition coefficient (Wildman–Crippen LogP) is 1.40. The van der Waals surface area contributed by atoms with E-state index in [4.69, 9.17) is 35.3 Å². The highest BCUT2D eigenvalue weighted by Gasteiger charge is 2.43.